The van der Waals surface area contributed by atoms with Crippen molar-refractivity contribution in [3.05, 3.63) is 46.1 Å². The molecule has 0 aliphatic heterocycles. The van der Waals surface area contributed by atoms with Gasteiger partial charge in [0, 0.05) is 10.6 Å². The predicted octanol–water partition coefficient (Wildman–Crippen LogP) is 3.41. The fourth-order valence-corrected chi connectivity index (χ4v) is 2.00. The van der Waals surface area contributed by atoms with Crippen LogP contribution in [0.3, 0.4) is 0 Å². The molecule has 0 radical (unpaired) electrons. The lowest BCUT2D eigenvalue weighted by molar-refractivity contribution is 0.936. The highest BCUT2D eigenvalue weighted by molar-refractivity contribution is 6.31. The van der Waals surface area contributed by atoms with Gasteiger partial charge in [0.1, 0.15) is 5.15 Å². The Labute approximate surface area is 113 Å². The first-order valence-electron chi connectivity index (χ1n) is 5.29. The van der Waals surface area contributed by atoms with Crippen molar-refractivity contribution in [2.24, 2.45) is 0 Å². The molecule has 1 aromatic carbocycles. The van der Waals surface area contributed by atoms with E-state index in [-0.39, 0.29) is 0 Å². The second-order valence-corrected chi connectivity index (χ2v) is 4.71. The average Bonchev–Trinajstić information content (AvgIpc) is 2.75. The highest BCUT2D eigenvalue weighted by Crippen LogP contribution is 2.24. The Balaban J connectivity index is 2.24. The maximum atomic E-state index is 6.11. The number of fused-ring (bicyclic) bond motifs is 1. The van der Waals surface area contributed by atoms with Crippen molar-refractivity contribution in [1.82, 2.24) is 19.8 Å². The lowest BCUT2D eigenvalue weighted by Gasteiger charge is -2.02. The van der Waals surface area contributed by atoms with E-state index in [9.17, 15) is 0 Å². The molecule has 4 nitrogen and oxygen atoms in total. The maximum Gasteiger partial charge on any atom is 0.185 e. The van der Waals surface area contributed by atoms with Crippen molar-refractivity contribution in [2.75, 3.05) is 0 Å². The Morgan fingerprint density at radius 3 is 2.67 bits per heavy atom. The van der Waals surface area contributed by atoms with Crippen LogP contribution in [0.25, 0.3) is 17.0 Å². The summed E-state index contributed by atoms with van der Waals surface area (Å²) in [6.07, 6.45) is 0. The Kier molecular flexibility index (Phi) is 2.69. The quantitative estimate of drug-likeness (QED) is 0.685. The van der Waals surface area contributed by atoms with Gasteiger partial charge in [-0.25, -0.2) is 0 Å². The molecule has 0 aliphatic rings. The van der Waals surface area contributed by atoms with Crippen molar-refractivity contribution in [3.8, 4) is 11.4 Å². The summed E-state index contributed by atoms with van der Waals surface area (Å²) in [4.78, 5) is 0. The van der Waals surface area contributed by atoms with E-state index < -0.39 is 0 Å². The first-order chi connectivity index (χ1) is 8.65. The van der Waals surface area contributed by atoms with E-state index in [0.717, 1.165) is 11.1 Å². The molecule has 90 valence electrons. The zero-order chi connectivity index (χ0) is 12.7. The van der Waals surface area contributed by atoms with Crippen LogP contribution in [-0.4, -0.2) is 19.8 Å². The van der Waals surface area contributed by atoms with E-state index in [2.05, 4.69) is 15.3 Å². The number of hydrogen-bond acceptors (Lipinski definition) is 3. The van der Waals surface area contributed by atoms with Gasteiger partial charge in [0.2, 0.25) is 0 Å². The monoisotopic (exact) mass is 278 g/mol. The van der Waals surface area contributed by atoms with Gasteiger partial charge in [-0.2, -0.15) is 9.61 Å². The molecule has 0 saturated heterocycles. The zero-order valence-electron chi connectivity index (χ0n) is 9.43. The minimum atomic E-state index is 0.391. The molecule has 0 N–H and O–H groups in total. The third-order valence-corrected chi connectivity index (χ3v) is 3.27. The lowest BCUT2D eigenvalue weighted by atomic mass is 10.1. The molecule has 3 aromatic rings. The van der Waals surface area contributed by atoms with Gasteiger partial charge < -0.3 is 0 Å². The van der Waals surface area contributed by atoms with Gasteiger partial charge in [-0.05, 0) is 30.7 Å². The number of aromatic nitrogens is 4. The van der Waals surface area contributed by atoms with Crippen molar-refractivity contribution >= 4 is 28.8 Å². The molecule has 0 bridgehead atoms. The van der Waals surface area contributed by atoms with Gasteiger partial charge in [0.15, 0.2) is 11.5 Å². The molecule has 0 atom stereocenters. The van der Waals surface area contributed by atoms with Crippen LogP contribution in [0.1, 0.15) is 5.56 Å². The van der Waals surface area contributed by atoms with Crippen LogP contribution in [0.4, 0.5) is 0 Å². The number of hydrogen-bond donors (Lipinski definition) is 0. The van der Waals surface area contributed by atoms with Crippen LogP contribution in [-0.2, 0) is 0 Å². The second-order valence-electron chi connectivity index (χ2n) is 3.91. The lowest BCUT2D eigenvalue weighted by Crippen LogP contribution is -1.95. The Bertz CT molecular complexity index is 736. The van der Waals surface area contributed by atoms with Gasteiger partial charge >= 0.3 is 0 Å². The van der Waals surface area contributed by atoms with Crippen LogP contribution < -0.4 is 0 Å². The molecule has 0 amide bonds. The molecule has 2 heterocycles. The van der Waals surface area contributed by atoms with Crippen LogP contribution in [0.5, 0.6) is 0 Å². The molecule has 0 saturated carbocycles. The summed E-state index contributed by atoms with van der Waals surface area (Å²) in [7, 11) is 0. The van der Waals surface area contributed by atoms with Gasteiger partial charge in [-0.15, -0.1) is 10.2 Å². The van der Waals surface area contributed by atoms with Gasteiger partial charge in [-0.3, -0.25) is 0 Å². The summed E-state index contributed by atoms with van der Waals surface area (Å²) in [5.74, 6) is 0.620. The molecule has 18 heavy (non-hydrogen) atoms. The molecule has 0 unspecified atom stereocenters. The normalized spacial score (nSPS) is 11.1. The second kappa shape index (κ2) is 4.23. The van der Waals surface area contributed by atoms with Gasteiger partial charge in [0.05, 0.1) is 0 Å². The van der Waals surface area contributed by atoms with Crippen LogP contribution in [0.15, 0.2) is 30.3 Å². The maximum absolute atomic E-state index is 6.11. The van der Waals surface area contributed by atoms with E-state index in [1.54, 1.807) is 16.6 Å². The summed E-state index contributed by atoms with van der Waals surface area (Å²) < 4.78 is 1.60. The molecule has 2 aromatic heterocycles. The third kappa shape index (κ3) is 1.83. The summed E-state index contributed by atoms with van der Waals surface area (Å²) in [5.41, 5.74) is 2.51. The topological polar surface area (TPSA) is 43.1 Å². The van der Waals surface area contributed by atoms with Crippen LogP contribution in [0, 0.1) is 6.92 Å². The number of rotatable bonds is 1. The molecule has 6 heteroatoms. The Hall–Kier alpha value is -1.65. The molecule has 3 rings (SSSR count). The molecule has 0 aliphatic carbocycles. The zero-order valence-corrected chi connectivity index (χ0v) is 10.9. The third-order valence-electron chi connectivity index (χ3n) is 2.66. The molecule has 0 fully saturated rings. The molecular formula is C12H8Cl2N4. The van der Waals surface area contributed by atoms with E-state index in [0.29, 0.717) is 21.6 Å². The summed E-state index contributed by atoms with van der Waals surface area (Å²) in [5, 5.41) is 13.4. The Morgan fingerprint density at radius 2 is 1.89 bits per heavy atom. The number of halogens is 2. The van der Waals surface area contributed by atoms with Crippen LogP contribution >= 0.6 is 23.2 Å². The molecule has 0 spiro atoms. The summed E-state index contributed by atoms with van der Waals surface area (Å²) in [6, 6.07) is 9.15. The van der Waals surface area contributed by atoms with Gasteiger partial charge in [-0.1, -0.05) is 35.3 Å². The number of aryl methyl sites for hydroxylation is 1. The smallest absolute Gasteiger partial charge is 0.185 e. The van der Waals surface area contributed by atoms with E-state index >= 15 is 0 Å². The number of benzene rings is 1. The van der Waals surface area contributed by atoms with E-state index in [1.165, 1.54) is 0 Å². The number of nitrogens with zero attached hydrogens (tertiary/aromatic N) is 4. The SMILES string of the molecule is Cc1ccc(-c2nnc3ccc(Cl)nn23)cc1Cl. The largest absolute Gasteiger partial charge is 0.191 e. The fourth-order valence-electron chi connectivity index (χ4n) is 1.68. The van der Waals surface area contributed by atoms with Gasteiger partial charge in [0.25, 0.3) is 0 Å². The highest BCUT2D eigenvalue weighted by Gasteiger charge is 2.10. The van der Waals surface area contributed by atoms with E-state index in [1.807, 2.05) is 25.1 Å². The summed E-state index contributed by atoms with van der Waals surface area (Å²) >= 11 is 12.0. The Morgan fingerprint density at radius 1 is 1.06 bits per heavy atom. The van der Waals surface area contributed by atoms with Crippen LogP contribution in [0.2, 0.25) is 10.2 Å². The minimum Gasteiger partial charge on any atom is -0.191 e. The van der Waals surface area contributed by atoms with Crippen molar-refractivity contribution < 1.29 is 0 Å². The van der Waals surface area contributed by atoms with Crippen molar-refractivity contribution in [1.29, 1.82) is 0 Å². The average molecular weight is 279 g/mol. The van der Waals surface area contributed by atoms with E-state index in [4.69, 9.17) is 23.2 Å². The summed E-state index contributed by atoms with van der Waals surface area (Å²) in [6.45, 7) is 1.95. The van der Waals surface area contributed by atoms with Crippen molar-refractivity contribution in [2.45, 2.75) is 6.92 Å². The van der Waals surface area contributed by atoms with Crippen molar-refractivity contribution in [3.63, 3.8) is 0 Å². The first kappa shape index (κ1) is 11.4. The minimum absolute atomic E-state index is 0.391. The molecular weight excluding hydrogens is 271 g/mol. The first-order valence-corrected chi connectivity index (χ1v) is 6.05. The standard InChI is InChI=1S/C12H8Cl2N4/c1-7-2-3-8(6-9(7)13)12-16-15-11-5-4-10(14)17-18(11)12/h2-6H,1H3. The predicted molar refractivity (Wildman–Crippen MR) is 71.0 cm³/mol. The fraction of sp³-hybridized carbons (Fsp3) is 0.0833. The highest BCUT2D eigenvalue weighted by atomic mass is 35.5.